The van der Waals surface area contributed by atoms with Gasteiger partial charge in [-0.25, -0.2) is 4.98 Å². The normalized spacial score (nSPS) is 11.1. The first-order valence-corrected chi connectivity index (χ1v) is 10.00. The number of nitrogens with one attached hydrogen (secondary N) is 1. The summed E-state index contributed by atoms with van der Waals surface area (Å²) in [5.74, 6) is 1.31. The molecule has 0 aliphatic heterocycles. The minimum atomic E-state index is 0.615. The molecule has 29 heavy (non-hydrogen) atoms. The van der Waals surface area contributed by atoms with Crippen molar-refractivity contribution < 1.29 is 4.74 Å². The first-order chi connectivity index (χ1) is 13.9. The number of methoxy groups -OCH3 is 1. The van der Waals surface area contributed by atoms with E-state index in [1.54, 1.807) is 7.11 Å². The highest BCUT2D eigenvalue weighted by Gasteiger charge is 2.12. The summed E-state index contributed by atoms with van der Waals surface area (Å²) in [7, 11) is 5.59. The van der Waals surface area contributed by atoms with E-state index < -0.39 is 0 Å². The van der Waals surface area contributed by atoms with Gasteiger partial charge in [0.2, 0.25) is 5.88 Å². The van der Waals surface area contributed by atoms with Crippen LogP contribution < -0.4 is 15.4 Å². The van der Waals surface area contributed by atoms with Crippen LogP contribution in [0.4, 0.5) is 5.69 Å². The number of H-pyrrole nitrogens is 1. The number of nitrogens with two attached hydrogens (primary N) is 1. The summed E-state index contributed by atoms with van der Waals surface area (Å²) in [6.07, 6.45) is 4.74. The van der Waals surface area contributed by atoms with Crippen molar-refractivity contribution in [2.75, 3.05) is 19.1 Å². The summed E-state index contributed by atoms with van der Waals surface area (Å²) in [6.45, 7) is 8.19. The van der Waals surface area contributed by atoms with Gasteiger partial charge in [-0.1, -0.05) is 26.8 Å². The zero-order chi connectivity index (χ0) is 21.6. The summed E-state index contributed by atoms with van der Waals surface area (Å²) >= 11 is 0. The predicted molar refractivity (Wildman–Crippen MR) is 122 cm³/mol. The van der Waals surface area contributed by atoms with Crippen molar-refractivity contribution in [1.29, 1.82) is 0 Å². The molecule has 0 saturated heterocycles. The average Bonchev–Trinajstić information content (AvgIpc) is 2.77. The molecule has 2 heterocycles. The number of hydrogen-bond donors (Lipinski definition) is 2. The third-order valence-corrected chi connectivity index (χ3v) is 4.85. The van der Waals surface area contributed by atoms with Gasteiger partial charge in [-0.2, -0.15) is 0 Å². The van der Waals surface area contributed by atoms with Gasteiger partial charge in [-0.3, -0.25) is 4.68 Å². The van der Waals surface area contributed by atoms with Gasteiger partial charge in [0.1, 0.15) is 5.82 Å². The van der Waals surface area contributed by atoms with Crippen LogP contribution in [0.2, 0.25) is 0 Å². The molecular formula is C23H33N5O. The minimum Gasteiger partial charge on any atom is -0.481 e. The van der Waals surface area contributed by atoms with E-state index >= 15 is 0 Å². The van der Waals surface area contributed by atoms with Crippen LogP contribution in [-0.2, 0) is 13.5 Å². The molecule has 0 fully saturated rings. The smallest absolute Gasteiger partial charge is 0.212 e. The van der Waals surface area contributed by atoms with Gasteiger partial charge in [-0.05, 0) is 42.7 Å². The second kappa shape index (κ2) is 9.87. The number of rotatable bonds is 6. The Morgan fingerprint density at radius 1 is 1.24 bits per heavy atom. The van der Waals surface area contributed by atoms with Gasteiger partial charge in [0, 0.05) is 43.7 Å². The first-order valence-electron chi connectivity index (χ1n) is 10.00. The Morgan fingerprint density at radius 3 is 2.45 bits per heavy atom. The van der Waals surface area contributed by atoms with Gasteiger partial charge < -0.3 is 20.5 Å². The summed E-state index contributed by atoms with van der Waals surface area (Å²) < 4.78 is 7.09. The molecule has 0 amide bonds. The molecule has 3 N–H and O–H groups in total. The van der Waals surface area contributed by atoms with Crippen molar-refractivity contribution >= 4 is 11.8 Å². The molecule has 1 aromatic carbocycles. The number of nitrogens with zero attached hydrogens (tertiary/aromatic N) is 3. The average molecular weight is 396 g/mol. The molecule has 0 aliphatic rings. The fourth-order valence-electron chi connectivity index (χ4n) is 3.20. The van der Waals surface area contributed by atoms with Gasteiger partial charge in [0.15, 0.2) is 0 Å². The number of hydrogen-bond acceptors (Lipinski definition) is 4. The molecule has 0 aliphatic carbocycles. The summed E-state index contributed by atoms with van der Waals surface area (Å²) in [5, 5.41) is 3.18. The van der Waals surface area contributed by atoms with E-state index in [1.165, 1.54) is 5.56 Å². The maximum Gasteiger partial charge on any atom is 0.212 e. The molecule has 0 radical (unpaired) electrons. The van der Waals surface area contributed by atoms with Crippen LogP contribution in [0.5, 0.6) is 5.88 Å². The molecule has 0 unspecified atom stereocenters. The van der Waals surface area contributed by atoms with E-state index in [0.717, 1.165) is 34.6 Å². The molecule has 0 spiro atoms. The third-order valence-electron chi connectivity index (χ3n) is 4.85. The topological polar surface area (TPSA) is 72.1 Å². The lowest BCUT2D eigenvalue weighted by Crippen LogP contribution is -2.25. The monoisotopic (exact) mass is 395 g/mol. The van der Waals surface area contributed by atoms with Gasteiger partial charge in [-0.15, -0.1) is 0 Å². The van der Waals surface area contributed by atoms with Crippen molar-refractivity contribution in [2.45, 2.75) is 34.1 Å². The van der Waals surface area contributed by atoms with E-state index in [4.69, 9.17) is 10.5 Å². The Kier molecular flexibility index (Phi) is 7.53. The Morgan fingerprint density at radius 2 is 1.93 bits per heavy atom. The van der Waals surface area contributed by atoms with Crippen molar-refractivity contribution in [3.8, 4) is 17.0 Å². The van der Waals surface area contributed by atoms with Crippen molar-refractivity contribution in [3.63, 3.8) is 0 Å². The lowest BCUT2D eigenvalue weighted by molar-refractivity contribution is 0.398. The number of aromatic amines is 1. The maximum atomic E-state index is 6.36. The van der Waals surface area contributed by atoms with Crippen LogP contribution in [0.15, 0.2) is 42.3 Å². The molecule has 6 heteroatoms. The molecule has 3 aromatic rings. The lowest BCUT2D eigenvalue weighted by Gasteiger charge is -2.24. The summed E-state index contributed by atoms with van der Waals surface area (Å²) in [4.78, 5) is 6.33. The zero-order valence-corrected chi connectivity index (χ0v) is 18.6. The fraction of sp³-hybridized carbons (Fsp3) is 0.348. The van der Waals surface area contributed by atoms with E-state index in [-0.39, 0.29) is 0 Å². The second-order valence-electron chi connectivity index (χ2n) is 6.60. The van der Waals surface area contributed by atoms with Crippen LogP contribution in [0.3, 0.4) is 0 Å². The molecular weight excluding hydrogens is 362 g/mol. The summed E-state index contributed by atoms with van der Waals surface area (Å²) in [6, 6.07) is 10.3. The van der Waals surface area contributed by atoms with Crippen LogP contribution in [0, 0.1) is 6.92 Å². The van der Waals surface area contributed by atoms with Crippen molar-refractivity contribution in [1.82, 2.24) is 14.8 Å². The largest absolute Gasteiger partial charge is 0.481 e. The quantitative estimate of drug-likeness (QED) is 0.634. The highest BCUT2D eigenvalue weighted by molar-refractivity contribution is 5.71. The number of pyridine rings is 1. The van der Waals surface area contributed by atoms with Crippen LogP contribution in [0.1, 0.15) is 37.7 Å². The number of ether oxygens (including phenoxy) is 1. The number of benzene rings is 1. The van der Waals surface area contributed by atoms with E-state index in [1.807, 2.05) is 68.9 Å². The standard InChI is InChI=1S/C21H27N5O.C2H6/c1-6-15-11-16(17-8-10-21(27-5)23-13-17)7-9-18(15)25(3)20(22)12-19-14(2)24-26(19)4;1-2/h7-13,24H,6,22H2,1-5H3;1-2H3/b20-12+;. The predicted octanol–water partition coefficient (Wildman–Crippen LogP) is 4.71. The van der Waals surface area contributed by atoms with Gasteiger partial charge >= 0.3 is 0 Å². The first kappa shape index (κ1) is 22.1. The SMILES string of the molecule is CC.CCc1cc(-c2ccc(OC)nc2)ccc1N(C)/C(N)=C/c1c(C)[nH]n1C. The fourth-order valence-corrected chi connectivity index (χ4v) is 3.20. The zero-order valence-electron chi connectivity index (χ0n) is 18.6. The van der Waals surface area contributed by atoms with Crippen LogP contribution >= 0.6 is 0 Å². The molecule has 6 nitrogen and oxygen atoms in total. The molecule has 2 aromatic heterocycles. The number of anilines is 1. The minimum absolute atomic E-state index is 0.615. The maximum absolute atomic E-state index is 6.36. The van der Waals surface area contributed by atoms with E-state index in [9.17, 15) is 0 Å². The highest BCUT2D eigenvalue weighted by Crippen LogP contribution is 2.29. The molecule has 0 atom stereocenters. The van der Waals surface area contributed by atoms with Crippen LogP contribution in [0.25, 0.3) is 17.2 Å². The lowest BCUT2D eigenvalue weighted by atomic mass is 10.0. The summed E-state index contributed by atoms with van der Waals surface area (Å²) in [5.41, 5.74) is 13.1. The highest BCUT2D eigenvalue weighted by atomic mass is 16.5. The molecule has 0 bridgehead atoms. The molecule has 156 valence electrons. The Balaban J connectivity index is 0.00000145. The van der Waals surface area contributed by atoms with E-state index in [2.05, 4.69) is 35.2 Å². The van der Waals surface area contributed by atoms with Crippen molar-refractivity contribution in [3.05, 3.63) is 59.3 Å². The van der Waals surface area contributed by atoms with E-state index in [0.29, 0.717) is 11.7 Å². The van der Waals surface area contributed by atoms with Gasteiger partial charge in [0.05, 0.1) is 18.5 Å². The number of aromatic nitrogens is 3. The number of aryl methyl sites for hydroxylation is 3. The van der Waals surface area contributed by atoms with Gasteiger partial charge in [0.25, 0.3) is 0 Å². The third kappa shape index (κ3) is 4.83. The second-order valence-corrected chi connectivity index (χ2v) is 6.60. The molecule has 0 saturated carbocycles. The Bertz CT molecular complexity index is 935. The van der Waals surface area contributed by atoms with Crippen LogP contribution in [-0.4, -0.2) is 28.9 Å². The molecule has 3 rings (SSSR count). The Hall–Kier alpha value is -3.15. The Labute approximate surface area is 174 Å². The van der Waals surface area contributed by atoms with Crippen molar-refractivity contribution in [2.24, 2.45) is 12.8 Å².